The Bertz CT molecular complexity index is 285. The fourth-order valence-electron chi connectivity index (χ4n) is 0.868. The van der Waals surface area contributed by atoms with E-state index in [4.69, 9.17) is 0 Å². The van der Waals surface area contributed by atoms with Crippen LogP contribution in [0.5, 0.6) is 0 Å². The number of anilines is 1. The number of ketones is 1. The summed E-state index contributed by atoms with van der Waals surface area (Å²) in [7, 11) is 0. The molecule has 0 bridgehead atoms. The number of imidazole rings is 1. The molecule has 1 aromatic heterocycles. The normalized spacial score (nSPS) is 10.0. The van der Waals surface area contributed by atoms with E-state index < -0.39 is 0 Å². The Labute approximate surface area is 85.3 Å². The molecular formula is C8H12BrN3O. The molecule has 4 nitrogen and oxygen atoms in total. The van der Waals surface area contributed by atoms with Crippen LogP contribution in [0.15, 0.2) is 6.20 Å². The average Bonchev–Trinajstić information content (AvgIpc) is 2.62. The molecule has 13 heavy (non-hydrogen) atoms. The number of nitrogens with zero attached hydrogens (tertiary/aromatic N) is 1. The highest BCUT2D eigenvalue weighted by molar-refractivity contribution is 9.09. The number of aromatic amines is 1. The maximum Gasteiger partial charge on any atom is 0.200 e. The van der Waals surface area contributed by atoms with Crippen LogP contribution in [0.3, 0.4) is 0 Å². The summed E-state index contributed by atoms with van der Waals surface area (Å²) in [6, 6.07) is 0. The molecule has 1 rings (SSSR count). The van der Waals surface area contributed by atoms with Gasteiger partial charge in [-0.3, -0.25) is 4.79 Å². The third-order valence-electron chi connectivity index (χ3n) is 1.54. The van der Waals surface area contributed by atoms with Crippen molar-refractivity contribution < 1.29 is 4.79 Å². The topological polar surface area (TPSA) is 57.8 Å². The van der Waals surface area contributed by atoms with Crippen molar-refractivity contribution in [1.82, 2.24) is 9.97 Å². The molecule has 0 amide bonds. The minimum absolute atomic E-state index is 0.0112. The van der Waals surface area contributed by atoms with Crippen molar-refractivity contribution in [2.75, 3.05) is 17.2 Å². The van der Waals surface area contributed by atoms with Crippen molar-refractivity contribution in [2.45, 2.75) is 13.3 Å². The van der Waals surface area contributed by atoms with Crippen LogP contribution in [0.4, 0.5) is 5.95 Å². The fraction of sp³-hybridized carbons (Fsp3) is 0.500. The van der Waals surface area contributed by atoms with Crippen LogP contribution in [-0.2, 0) is 0 Å². The summed E-state index contributed by atoms with van der Waals surface area (Å²) >= 11 is 3.10. The Kier molecular flexibility index (Phi) is 3.95. The van der Waals surface area contributed by atoms with Gasteiger partial charge in [-0.25, -0.2) is 4.98 Å². The number of H-pyrrole nitrogens is 1. The number of alkyl halides is 1. The van der Waals surface area contributed by atoms with E-state index >= 15 is 0 Å². The van der Waals surface area contributed by atoms with Gasteiger partial charge in [-0.05, 0) is 6.42 Å². The minimum Gasteiger partial charge on any atom is -0.356 e. The van der Waals surface area contributed by atoms with Crippen LogP contribution in [0.2, 0.25) is 0 Å². The zero-order chi connectivity index (χ0) is 9.68. The Hall–Kier alpha value is -0.840. The van der Waals surface area contributed by atoms with Gasteiger partial charge in [0.25, 0.3) is 0 Å². The van der Waals surface area contributed by atoms with E-state index in [1.54, 1.807) is 6.20 Å². The van der Waals surface area contributed by atoms with Crippen LogP contribution in [0.1, 0.15) is 23.8 Å². The van der Waals surface area contributed by atoms with E-state index in [0.29, 0.717) is 17.0 Å². The van der Waals surface area contributed by atoms with Gasteiger partial charge in [0.05, 0.1) is 11.5 Å². The van der Waals surface area contributed by atoms with Crippen molar-refractivity contribution in [1.29, 1.82) is 0 Å². The summed E-state index contributed by atoms with van der Waals surface area (Å²) in [6.07, 6.45) is 2.57. The Balaban J connectivity index is 2.58. The molecule has 0 aromatic carbocycles. The molecule has 0 saturated heterocycles. The smallest absolute Gasteiger partial charge is 0.200 e. The quantitative estimate of drug-likeness (QED) is 0.615. The van der Waals surface area contributed by atoms with Crippen LogP contribution in [0, 0.1) is 0 Å². The van der Waals surface area contributed by atoms with E-state index in [2.05, 4.69) is 38.1 Å². The van der Waals surface area contributed by atoms with Gasteiger partial charge in [-0.15, -0.1) is 0 Å². The van der Waals surface area contributed by atoms with E-state index in [1.165, 1.54) is 0 Å². The largest absolute Gasteiger partial charge is 0.356 e. The lowest BCUT2D eigenvalue weighted by molar-refractivity contribution is 0.101. The summed E-state index contributed by atoms with van der Waals surface area (Å²) in [5.74, 6) is 0.670. The molecular weight excluding hydrogens is 234 g/mol. The summed E-state index contributed by atoms with van der Waals surface area (Å²) < 4.78 is 0. The number of carbonyl (C=O) groups excluding carboxylic acids is 1. The molecule has 0 aliphatic heterocycles. The molecule has 0 aliphatic carbocycles. The lowest BCUT2D eigenvalue weighted by Crippen LogP contribution is -2.03. The van der Waals surface area contributed by atoms with Crippen LogP contribution in [-0.4, -0.2) is 27.6 Å². The number of Topliss-reactive ketones (excluding diaryl/α,β-unsaturated/α-hetero) is 1. The van der Waals surface area contributed by atoms with Crippen molar-refractivity contribution in [3.63, 3.8) is 0 Å². The third-order valence-corrected chi connectivity index (χ3v) is 2.05. The Morgan fingerprint density at radius 3 is 3.15 bits per heavy atom. The third kappa shape index (κ3) is 2.84. The van der Waals surface area contributed by atoms with Gasteiger partial charge < -0.3 is 10.3 Å². The van der Waals surface area contributed by atoms with Gasteiger partial charge in [0.2, 0.25) is 5.95 Å². The molecule has 2 N–H and O–H groups in total. The monoisotopic (exact) mass is 245 g/mol. The number of carbonyl (C=O) groups is 1. The Morgan fingerprint density at radius 1 is 1.77 bits per heavy atom. The highest BCUT2D eigenvalue weighted by Crippen LogP contribution is 2.04. The highest BCUT2D eigenvalue weighted by atomic mass is 79.9. The molecule has 0 spiro atoms. The van der Waals surface area contributed by atoms with Gasteiger partial charge in [0.1, 0.15) is 5.69 Å². The second-order valence-electron chi connectivity index (χ2n) is 2.63. The first-order valence-corrected chi connectivity index (χ1v) is 5.28. The number of hydrogen-bond acceptors (Lipinski definition) is 3. The fourth-order valence-corrected chi connectivity index (χ4v) is 1.17. The van der Waals surface area contributed by atoms with Crippen molar-refractivity contribution in [3.05, 3.63) is 11.9 Å². The summed E-state index contributed by atoms with van der Waals surface area (Å²) in [4.78, 5) is 18.1. The van der Waals surface area contributed by atoms with Crippen molar-refractivity contribution in [3.8, 4) is 0 Å². The molecule has 72 valence electrons. The summed E-state index contributed by atoms with van der Waals surface area (Å²) in [5.41, 5.74) is 0.537. The van der Waals surface area contributed by atoms with E-state index in [0.717, 1.165) is 13.0 Å². The maximum atomic E-state index is 11.2. The van der Waals surface area contributed by atoms with Gasteiger partial charge in [0, 0.05) is 6.54 Å². The molecule has 0 saturated carbocycles. The van der Waals surface area contributed by atoms with Crippen LogP contribution >= 0.6 is 15.9 Å². The van der Waals surface area contributed by atoms with Crippen LogP contribution in [0.25, 0.3) is 0 Å². The molecule has 0 atom stereocenters. The number of aromatic nitrogens is 2. The number of hydrogen-bond donors (Lipinski definition) is 2. The number of halogens is 1. The van der Waals surface area contributed by atoms with E-state index in [-0.39, 0.29) is 5.78 Å². The standard InChI is InChI=1S/C8H12BrN3O/c1-2-3-10-8-11-5-6(12-8)7(13)4-9/h5H,2-4H2,1H3,(H2,10,11,12). The molecule has 1 heterocycles. The van der Waals surface area contributed by atoms with Gasteiger partial charge in [0.15, 0.2) is 5.78 Å². The van der Waals surface area contributed by atoms with Gasteiger partial charge >= 0.3 is 0 Å². The van der Waals surface area contributed by atoms with Crippen LogP contribution < -0.4 is 5.32 Å². The number of nitrogens with one attached hydrogen (secondary N) is 2. The maximum absolute atomic E-state index is 11.2. The first-order chi connectivity index (χ1) is 6.27. The molecule has 0 aliphatic rings. The van der Waals surface area contributed by atoms with Crippen molar-refractivity contribution >= 4 is 27.7 Å². The first-order valence-electron chi connectivity index (χ1n) is 4.16. The molecule has 0 fully saturated rings. The predicted octanol–water partition coefficient (Wildman–Crippen LogP) is 1.81. The van der Waals surface area contributed by atoms with Crippen molar-refractivity contribution in [2.24, 2.45) is 0 Å². The van der Waals surface area contributed by atoms with Gasteiger partial charge in [-0.1, -0.05) is 22.9 Å². The molecule has 1 aromatic rings. The first kappa shape index (κ1) is 10.2. The zero-order valence-electron chi connectivity index (χ0n) is 7.43. The predicted molar refractivity (Wildman–Crippen MR) is 55.5 cm³/mol. The second-order valence-corrected chi connectivity index (χ2v) is 3.19. The Morgan fingerprint density at radius 2 is 2.54 bits per heavy atom. The van der Waals surface area contributed by atoms with E-state index in [9.17, 15) is 4.79 Å². The molecule has 0 unspecified atom stereocenters. The number of rotatable bonds is 5. The SMILES string of the molecule is CCCNc1ncc(C(=O)CBr)[nH]1. The highest BCUT2D eigenvalue weighted by Gasteiger charge is 2.06. The summed E-state index contributed by atoms with van der Waals surface area (Å²) in [6.45, 7) is 2.93. The molecule has 5 heteroatoms. The minimum atomic E-state index is 0.0112. The lowest BCUT2D eigenvalue weighted by atomic mass is 10.3. The zero-order valence-corrected chi connectivity index (χ0v) is 9.02. The summed E-state index contributed by atoms with van der Waals surface area (Å²) in [5, 5.41) is 3.38. The second kappa shape index (κ2) is 5.01. The molecule has 0 radical (unpaired) electrons. The average molecular weight is 246 g/mol. The van der Waals surface area contributed by atoms with E-state index in [1.807, 2.05) is 0 Å². The lowest BCUT2D eigenvalue weighted by Gasteiger charge is -1.97. The van der Waals surface area contributed by atoms with Gasteiger partial charge in [-0.2, -0.15) is 0 Å².